The van der Waals surface area contributed by atoms with Gasteiger partial charge in [-0.15, -0.1) is 0 Å². The van der Waals surface area contributed by atoms with Gasteiger partial charge in [0, 0.05) is 18.8 Å². The SMILES string of the molecule is CCCCCCCCCCCCCCCC/C=C/CCC[N+](CCC(=O)[O-])(CCC(=O)O)CCC(=O)O. The lowest BCUT2D eigenvalue weighted by atomic mass is 10.0. The molecule has 0 fully saturated rings. The number of rotatable bonds is 28. The first kappa shape index (κ1) is 35.1. The van der Waals surface area contributed by atoms with Gasteiger partial charge in [0.2, 0.25) is 0 Å². The van der Waals surface area contributed by atoms with Crippen molar-refractivity contribution in [3.05, 3.63) is 12.2 Å². The van der Waals surface area contributed by atoms with Gasteiger partial charge in [-0.25, -0.2) is 0 Å². The fraction of sp³-hybridized carbons (Fsp3) is 0.833. The highest BCUT2D eigenvalue weighted by Crippen LogP contribution is 2.16. The van der Waals surface area contributed by atoms with Crippen LogP contribution in [0.2, 0.25) is 0 Å². The second kappa shape index (κ2) is 24.4. The van der Waals surface area contributed by atoms with Crippen molar-refractivity contribution in [2.75, 3.05) is 26.2 Å². The third kappa shape index (κ3) is 24.2. The van der Waals surface area contributed by atoms with Crippen molar-refractivity contribution >= 4 is 17.9 Å². The van der Waals surface area contributed by atoms with Crippen LogP contribution in [0.1, 0.15) is 135 Å². The number of carbonyl (C=O) groups excluding carboxylic acids is 1. The molecule has 0 aliphatic rings. The topological polar surface area (TPSA) is 115 Å². The first-order valence-corrected chi connectivity index (χ1v) is 14.9. The molecule has 216 valence electrons. The lowest BCUT2D eigenvalue weighted by Crippen LogP contribution is -2.52. The number of carboxylic acids is 3. The number of carbonyl (C=O) groups is 3. The summed E-state index contributed by atoms with van der Waals surface area (Å²) in [6.07, 6.45) is 25.5. The van der Waals surface area contributed by atoms with Gasteiger partial charge >= 0.3 is 11.9 Å². The van der Waals surface area contributed by atoms with Crippen molar-refractivity contribution in [2.45, 2.75) is 135 Å². The highest BCUT2D eigenvalue weighted by atomic mass is 16.4. The number of nitrogens with zero attached hydrogens (tertiary/aromatic N) is 1. The zero-order chi connectivity index (χ0) is 27.6. The number of aliphatic carboxylic acids is 3. The molecule has 0 heterocycles. The molecule has 0 atom stereocenters. The molecule has 0 saturated carbocycles. The first-order chi connectivity index (χ1) is 17.8. The van der Waals surface area contributed by atoms with E-state index in [0.717, 1.165) is 19.3 Å². The number of unbranched alkanes of at least 4 members (excludes halogenated alkanes) is 15. The molecule has 0 radical (unpaired) electrons. The zero-order valence-corrected chi connectivity index (χ0v) is 23.6. The van der Waals surface area contributed by atoms with Gasteiger partial charge < -0.3 is 24.6 Å². The monoisotopic (exact) mass is 525 g/mol. The van der Waals surface area contributed by atoms with Crippen molar-refractivity contribution in [3.63, 3.8) is 0 Å². The van der Waals surface area contributed by atoms with Crippen molar-refractivity contribution < 1.29 is 34.2 Å². The van der Waals surface area contributed by atoms with Crippen LogP contribution < -0.4 is 5.11 Å². The summed E-state index contributed by atoms with van der Waals surface area (Å²) in [7, 11) is 0. The number of hydrogen-bond acceptors (Lipinski definition) is 4. The van der Waals surface area contributed by atoms with E-state index in [0.29, 0.717) is 6.54 Å². The molecule has 0 rings (SSSR count). The molecular weight excluding hydrogens is 470 g/mol. The average molecular weight is 526 g/mol. The van der Waals surface area contributed by atoms with Crippen LogP contribution in [-0.2, 0) is 14.4 Å². The molecule has 0 unspecified atom stereocenters. The minimum absolute atomic E-state index is 0.109. The van der Waals surface area contributed by atoms with Crippen LogP contribution in [0.3, 0.4) is 0 Å². The molecule has 2 N–H and O–H groups in total. The summed E-state index contributed by atoms with van der Waals surface area (Å²) in [6.45, 7) is 3.50. The van der Waals surface area contributed by atoms with Crippen LogP contribution >= 0.6 is 0 Å². The van der Waals surface area contributed by atoms with Gasteiger partial charge in [-0.2, -0.15) is 0 Å². The summed E-state index contributed by atoms with van der Waals surface area (Å²) in [5.41, 5.74) is 0. The maximum Gasteiger partial charge on any atom is 0.309 e. The minimum atomic E-state index is -1.19. The van der Waals surface area contributed by atoms with E-state index in [1.807, 2.05) is 0 Å². The third-order valence-electron chi connectivity index (χ3n) is 7.28. The zero-order valence-electron chi connectivity index (χ0n) is 23.6. The summed E-state index contributed by atoms with van der Waals surface area (Å²) in [6, 6.07) is 0. The van der Waals surface area contributed by atoms with Crippen LogP contribution in [0.5, 0.6) is 0 Å². The molecule has 0 aliphatic carbocycles. The van der Waals surface area contributed by atoms with E-state index in [1.165, 1.54) is 89.9 Å². The van der Waals surface area contributed by atoms with Gasteiger partial charge in [0.25, 0.3) is 0 Å². The molecule has 7 nitrogen and oxygen atoms in total. The fourth-order valence-corrected chi connectivity index (χ4v) is 4.90. The normalized spacial score (nSPS) is 11.8. The number of quaternary nitrogens is 1. The molecule has 0 aromatic heterocycles. The van der Waals surface area contributed by atoms with Gasteiger partial charge in [0.1, 0.15) is 0 Å². The molecule has 0 saturated heterocycles. The van der Waals surface area contributed by atoms with Gasteiger partial charge in [-0.1, -0.05) is 103 Å². The molecule has 0 aliphatic heterocycles. The predicted octanol–water partition coefficient (Wildman–Crippen LogP) is 6.10. The Morgan fingerprint density at radius 2 is 0.946 bits per heavy atom. The fourth-order valence-electron chi connectivity index (χ4n) is 4.90. The van der Waals surface area contributed by atoms with Gasteiger partial charge in [-0.05, 0) is 19.3 Å². The van der Waals surface area contributed by atoms with Crippen LogP contribution in [0, 0.1) is 0 Å². The average Bonchev–Trinajstić information content (AvgIpc) is 2.85. The molecule has 37 heavy (non-hydrogen) atoms. The number of hydrogen-bond donors (Lipinski definition) is 2. The molecular formula is C30H55NO6. The Kier molecular flexibility index (Phi) is 23.2. The van der Waals surface area contributed by atoms with Crippen molar-refractivity contribution in [1.29, 1.82) is 0 Å². The van der Waals surface area contributed by atoms with Crippen molar-refractivity contribution in [1.82, 2.24) is 0 Å². The van der Waals surface area contributed by atoms with E-state index in [1.54, 1.807) is 0 Å². The van der Waals surface area contributed by atoms with Crippen LogP contribution in [-0.4, -0.2) is 58.8 Å². The summed E-state index contributed by atoms with van der Waals surface area (Å²) in [5, 5.41) is 29.2. The largest absolute Gasteiger partial charge is 0.550 e. The summed E-state index contributed by atoms with van der Waals surface area (Å²) >= 11 is 0. The highest BCUT2D eigenvalue weighted by Gasteiger charge is 2.28. The standard InChI is InChI=1S/C30H55NO6/c1-2-3-4-5-6-7-8-9-10-11-12-13-14-15-16-17-18-19-20-24-31(25-21-28(32)33,26-22-29(34)35)27-23-30(36)37/h17-18H,2-16,19-27H2,1H3,(H2-,32,33,34,35,36,37)/b18-17+. The van der Waals surface area contributed by atoms with Crippen LogP contribution in [0.4, 0.5) is 0 Å². The Hall–Kier alpha value is -1.89. The maximum atomic E-state index is 11.1. The highest BCUT2D eigenvalue weighted by molar-refractivity contribution is 5.67. The summed E-state index contributed by atoms with van der Waals surface area (Å²) in [4.78, 5) is 33.2. The van der Waals surface area contributed by atoms with E-state index < -0.39 is 17.9 Å². The molecule has 0 spiro atoms. The Balaban J connectivity index is 4.00. The lowest BCUT2D eigenvalue weighted by Gasteiger charge is -2.38. The number of allylic oxidation sites excluding steroid dienone is 2. The van der Waals surface area contributed by atoms with E-state index in [9.17, 15) is 19.5 Å². The van der Waals surface area contributed by atoms with Crippen molar-refractivity contribution in [2.24, 2.45) is 0 Å². The molecule has 7 heteroatoms. The van der Waals surface area contributed by atoms with E-state index in [4.69, 9.17) is 10.2 Å². The van der Waals surface area contributed by atoms with E-state index >= 15 is 0 Å². The smallest absolute Gasteiger partial charge is 0.309 e. The van der Waals surface area contributed by atoms with Gasteiger partial charge in [-0.3, -0.25) is 9.59 Å². The van der Waals surface area contributed by atoms with E-state index in [-0.39, 0.29) is 43.4 Å². The Morgan fingerprint density at radius 3 is 1.35 bits per heavy atom. The molecule has 0 aromatic carbocycles. The van der Waals surface area contributed by atoms with Gasteiger partial charge in [0.05, 0.1) is 39.0 Å². The number of carboxylic acid groups (broad SMARTS) is 3. The third-order valence-corrected chi connectivity index (χ3v) is 7.28. The lowest BCUT2D eigenvalue weighted by molar-refractivity contribution is -0.927. The summed E-state index contributed by atoms with van der Waals surface area (Å²) in [5.74, 6) is -3.11. The predicted molar refractivity (Wildman–Crippen MR) is 147 cm³/mol. The molecule has 0 amide bonds. The minimum Gasteiger partial charge on any atom is -0.550 e. The second-order valence-electron chi connectivity index (χ2n) is 10.6. The maximum absolute atomic E-state index is 11.1. The van der Waals surface area contributed by atoms with E-state index in [2.05, 4.69) is 19.1 Å². The summed E-state index contributed by atoms with van der Waals surface area (Å²) < 4.78 is 0.194. The van der Waals surface area contributed by atoms with Crippen LogP contribution in [0.15, 0.2) is 12.2 Å². The molecule has 0 bridgehead atoms. The second-order valence-corrected chi connectivity index (χ2v) is 10.6. The Bertz CT molecular complexity index is 574. The van der Waals surface area contributed by atoms with Crippen molar-refractivity contribution in [3.8, 4) is 0 Å². The van der Waals surface area contributed by atoms with Crippen LogP contribution in [0.25, 0.3) is 0 Å². The molecule has 0 aromatic rings. The first-order valence-electron chi connectivity index (χ1n) is 14.9. The Labute approximate surface area is 225 Å². The van der Waals surface area contributed by atoms with Gasteiger partial charge in [0.15, 0.2) is 0 Å². The Morgan fingerprint density at radius 1 is 0.568 bits per heavy atom. The quantitative estimate of drug-likeness (QED) is 0.0724.